The van der Waals surface area contributed by atoms with Gasteiger partial charge in [-0.15, -0.1) is 0 Å². The number of rotatable bonds is 3. The van der Waals surface area contributed by atoms with Crippen molar-refractivity contribution >= 4 is 11.7 Å². The van der Waals surface area contributed by atoms with Crippen molar-refractivity contribution in [2.24, 2.45) is 4.99 Å². The molecule has 2 amide bonds. The van der Waals surface area contributed by atoms with Gasteiger partial charge in [0.25, 0.3) is 0 Å². The standard InChI is InChI=1S/C10H12N2O3/c1-14-6-7-5-8(12-10(13)11-7)9-3-2-4-15-9/h2-4,8H,5-6H2,1H3,(H,12,13). The molecule has 1 atom stereocenters. The first kappa shape index (κ1) is 9.92. The monoisotopic (exact) mass is 208 g/mol. The topological polar surface area (TPSA) is 63.8 Å². The number of urea groups is 1. The second kappa shape index (κ2) is 4.27. The van der Waals surface area contributed by atoms with Gasteiger partial charge in [0, 0.05) is 13.5 Å². The van der Waals surface area contributed by atoms with E-state index in [4.69, 9.17) is 9.15 Å². The van der Waals surface area contributed by atoms with E-state index in [-0.39, 0.29) is 12.1 Å². The maximum Gasteiger partial charge on any atom is 0.341 e. The Hall–Kier alpha value is -1.62. The Balaban J connectivity index is 2.12. The Morgan fingerprint density at radius 1 is 1.73 bits per heavy atom. The maximum atomic E-state index is 11.3. The number of aliphatic imine (C=N–C) groups is 1. The van der Waals surface area contributed by atoms with E-state index >= 15 is 0 Å². The first-order valence-corrected chi connectivity index (χ1v) is 4.69. The van der Waals surface area contributed by atoms with Crippen LogP contribution in [0.3, 0.4) is 0 Å². The number of ether oxygens (including phenoxy) is 1. The van der Waals surface area contributed by atoms with Crippen LogP contribution in [0.25, 0.3) is 0 Å². The van der Waals surface area contributed by atoms with Gasteiger partial charge in [-0.25, -0.2) is 9.79 Å². The molecule has 1 aromatic rings. The van der Waals surface area contributed by atoms with E-state index in [0.717, 1.165) is 11.5 Å². The molecule has 80 valence electrons. The van der Waals surface area contributed by atoms with E-state index in [1.807, 2.05) is 6.07 Å². The molecule has 0 bridgehead atoms. The second-order valence-corrected chi connectivity index (χ2v) is 3.33. The smallest absolute Gasteiger partial charge is 0.341 e. The zero-order chi connectivity index (χ0) is 10.7. The van der Waals surface area contributed by atoms with Crippen LogP contribution in [-0.4, -0.2) is 25.5 Å². The van der Waals surface area contributed by atoms with Gasteiger partial charge in [-0.2, -0.15) is 0 Å². The Morgan fingerprint density at radius 3 is 3.27 bits per heavy atom. The molecular weight excluding hydrogens is 196 g/mol. The molecule has 0 saturated heterocycles. The van der Waals surface area contributed by atoms with Crippen LogP contribution in [-0.2, 0) is 4.74 Å². The van der Waals surface area contributed by atoms with Crippen LogP contribution in [0.1, 0.15) is 18.2 Å². The maximum absolute atomic E-state index is 11.3. The van der Waals surface area contributed by atoms with Crippen LogP contribution in [0.2, 0.25) is 0 Å². The Morgan fingerprint density at radius 2 is 2.60 bits per heavy atom. The van der Waals surface area contributed by atoms with Crippen molar-refractivity contribution in [1.82, 2.24) is 5.32 Å². The largest absolute Gasteiger partial charge is 0.467 e. The highest BCUT2D eigenvalue weighted by atomic mass is 16.5. The lowest BCUT2D eigenvalue weighted by Crippen LogP contribution is -2.34. The minimum atomic E-state index is -0.338. The fourth-order valence-corrected chi connectivity index (χ4v) is 1.58. The summed E-state index contributed by atoms with van der Waals surface area (Å²) in [5.41, 5.74) is 0.739. The van der Waals surface area contributed by atoms with E-state index in [2.05, 4.69) is 10.3 Å². The van der Waals surface area contributed by atoms with Crippen LogP contribution in [0.4, 0.5) is 4.79 Å². The number of carbonyl (C=O) groups is 1. The number of nitrogens with one attached hydrogen (secondary N) is 1. The van der Waals surface area contributed by atoms with Crippen LogP contribution >= 0.6 is 0 Å². The van der Waals surface area contributed by atoms with Gasteiger partial charge in [0.2, 0.25) is 0 Å². The predicted molar refractivity (Wildman–Crippen MR) is 53.9 cm³/mol. The highest BCUT2D eigenvalue weighted by Crippen LogP contribution is 2.20. The summed E-state index contributed by atoms with van der Waals surface area (Å²) in [7, 11) is 1.58. The molecule has 5 nitrogen and oxygen atoms in total. The summed E-state index contributed by atoms with van der Waals surface area (Å²) in [5, 5.41) is 2.73. The summed E-state index contributed by atoms with van der Waals surface area (Å²) in [5.74, 6) is 0.742. The molecule has 0 fully saturated rings. The molecule has 1 unspecified atom stereocenters. The Kier molecular flexibility index (Phi) is 2.82. The molecule has 0 aromatic carbocycles. The summed E-state index contributed by atoms with van der Waals surface area (Å²) < 4.78 is 10.2. The minimum absolute atomic E-state index is 0.129. The average Bonchev–Trinajstić information content (AvgIpc) is 2.70. The van der Waals surface area contributed by atoms with Gasteiger partial charge in [0.1, 0.15) is 5.76 Å². The molecule has 15 heavy (non-hydrogen) atoms. The van der Waals surface area contributed by atoms with Crippen molar-refractivity contribution in [3.63, 3.8) is 0 Å². The number of amides is 2. The number of methoxy groups -OCH3 is 1. The first-order chi connectivity index (χ1) is 7.29. The van der Waals surface area contributed by atoms with Gasteiger partial charge >= 0.3 is 6.03 Å². The zero-order valence-corrected chi connectivity index (χ0v) is 8.40. The van der Waals surface area contributed by atoms with Crippen LogP contribution < -0.4 is 5.32 Å². The summed E-state index contributed by atoms with van der Waals surface area (Å²) in [4.78, 5) is 15.1. The molecule has 2 heterocycles. The second-order valence-electron chi connectivity index (χ2n) is 3.33. The van der Waals surface area contributed by atoms with Crippen molar-refractivity contribution in [2.45, 2.75) is 12.5 Å². The highest BCUT2D eigenvalue weighted by Gasteiger charge is 2.23. The number of carbonyl (C=O) groups excluding carboxylic acids is 1. The van der Waals surface area contributed by atoms with Gasteiger partial charge in [0.15, 0.2) is 0 Å². The van der Waals surface area contributed by atoms with Crippen LogP contribution in [0.5, 0.6) is 0 Å². The van der Waals surface area contributed by atoms with Crippen molar-refractivity contribution < 1.29 is 13.9 Å². The third-order valence-corrected chi connectivity index (χ3v) is 2.19. The minimum Gasteiger partial charge on any atom is -0.467 e. The van der Waals surface area contributed by atoms with Crippen LogP contribution in [0.15, 0.2) is 27.8 Å². The van der Waals surface area contributed by atoms with Crippen molar-refractivity contribution in [3.8, 4) is 0 Å². The number of hydrogen-bond acceptors (Lipinski definition) is 3. The van der Waals surface area contributed by atoms with E-state index in [1.165, 1.54) is 0 Å². The lowest BCUT2D eigenvalue weighted by atomic mass is 10.1. The van der Waals surface area contributed by atoms with Gasteiger partial charge in [-0.3, -0.25) is 0 Å². The molecule has 1 aromatic heterocycles. The van der Waals surface area contributed by atoms with Crippen molar-refractivity contribution in [3.05, 3.63) is 24.2 Å². The molecule has 1 N–H and O–H groups in total. The van der Waals surface area contributed by atoms with E-state index in [9.17, 15) is 4.79 Å². The average molecular weight is 208 g/mol. The van der Waals surface area contributed by atoms with Gasteiger partial charge in [0.05, 0.1) is 24.6 Å². The predicted octanol–water partition coefficient (Wildman–Crippen LogP) is 1.52. The zero-order valence-electron chi connectivity index (χ0n) is 8.40. The molecule has 0 aliphatic carbocycles. The molecule has 1 aliphatic heterocycles. The highest BCUT2D eigenvalue weighted by molar-refractivity contribution is 5.98. The number of nitrogens with zero attached hydrogens (tertiary/aromatic N) is 1. The molecular formula is C10H12N2O3. The molecule has 0 saturated carbocycles. The molecule has 0 spiro atoms. The van der Waals surface area contributed by atoms with Gasteiger partial charge in [-0.1, -0.05) is 0 Å². The fraction of sp³-hybridized carbons (Fsp3) is 0.400. The van der Waals surface area contributed by atoms with E-state index in [1.54, 1.807) is 19.4 Å². The van der Waals surface area contributed by atoms with E-state index < -0.39 is 0 Å². The third kappa shape index (κ3) is 2.24. The summed E-state index contributed by atoms with van der Waals surface area (Å²) >= 11 is 0. The van der Waals surface area contributed by atoms with Crippen LogP contribution in [0, 0.1) is 0 Å². The SMILES string of the molecule is COCC1=NC(=O)NC(c2ccco2)C1. The molecule has 1 aliphatic rings. The molecule has 5 heteroatoms. The summed E-state index contributed by atoms with van der Waals surface area (Å²) in [6.45, 7) is 0.380. The van der Waals surface area contributed by atoms with Gasteiger partial charge in [-0.05, 0) is 12.1 Å². The molecule has 2 rings (SSSR count). The number of furan rings is 1. The third-order valence-electron chi connectivity index (χ3n) is 2.19. The van der Waals surface area contributed by atoms with Crippen molar-refractivity contribution in [2.75, 3.05) is 13.7 Å². The van der Waals surface area contributed by atoms with E-state index in [0.29, 0.717) is 13.0 Å². The van der Waals surface area contributed by atoms with Gasteiger partial charge < -0.3 is 14.5 Å². The van der Waals surface area contributed by atoms with Crippen molar-refractivity contribution in [1.29, 1.82) is 0 Å². The summed E-state index contributed by atoms with van der Waals surface area (Å²) in [6, 6.07) is 3.16. The summed E-state index contributed by atoms with van der Waals surface area (Å²) in [6.07, 6.45) is 2.22. The quantitative estimate of drug-likeness (QED) is 0.819. The number of hydrogen-bond donors (Lipinski definition) is 1. The Bertz CT molecular complexity index is 370. The fourth-order valence-electron chi connectivity index (χ4n) is 1.58. The molecule has 0 radical (unpaired) electrons. The lowest BCUT2D eigenvalue weighted by Gasteiger charge is -2.20. The first-order valence-electron chi connectivity index (χ1n) is 4.69. The normalized spacial score (nSPS) is 21.0. The lowest BCUT2D eigenvalue weighted by molar-refractivity contribution is 0.231. The Labute approximate surface area is 87.1 Å².